The molecule has 0 unspecified atom stereocenters. The maximum atomic E-state index is 12.9. The van der Waals surface area contributed by atoms with Crippen molar-refractivity contribution >= 4 is 11.7 Å². The molecule has 1 amide bonds. The number of rotatable bonds is 5. The summed E-state index contributed by atoms with van der Waals surface area (Å²) in [6, 6.07) is 2.83. The predicted molar refractivity (Wildman–Crippen MR) is 71.5 cm³/mol. The molecule has 0 aromatic carbocycles. The monoisotopic (exact) mass is 302 g/mol. The van der Waals surface area contributed by atoms with Gasteiger partial charge >= 0.3 is 6.18 Å². The fraction of sp³-hybridized carbons (Fsp3) is 0.538. The Morgan fingerprint density at radius 3 is 2.57 bits per heavy atom. The second kappa shape index (κ2) is 5.51. The Kier molecular flexibility index (Phi) is 4.08. The van der Waals surface area contributed by atoms with Crippen LogP contribution in [-0.4, -0.2) is 22.6 Å². The molecule has 0 atom stereocenters. The van der Waals surface area contributed by atoms with Crippen molar-refractivity contribution in [3.63, 3.8) is 0 Å². The van der Waals surface area contributed by atoms with Crippen molar-refractivity contribution in [3.05, 3.63) is 23.4 Å². The first-order valence-corrected chi connectivity index (χ1v) is 6.68. The summed E-state index contributed by atoms with van der Waals surface area (Å²) in [6.45, 7) is 1.94. The number of alkyl halides is 3. The van der Waals surface area contributed by atoms with Gasteiger partial charge in [0.15, 0.2) is 0 Å². The number of nitrogen functional groups attached to an aromatic ring is 1. The number of aromatic nitrogens is 1. The number of carbonyl (C=O) groups excluding carboxylic acids is 1. The number of carbonyl (C=O) groups is 1. The zero-order valence-corrected chi connectivity index (χ0v) is 11.5. The van der Waals surface area contributed by atoms with Crippen LogP contribution in [0.3, 0.4) is 0 Å². The van der Waals surface area contributed by atoms with Gasteiger partial charge in [-0.1, -0.05) is 13.3 Å². The van der Waals surface area contributed by atoms with E-state index in [1.165, 1.54) is 12.1 Å². The van der Waals surface area contributed by atoms with Crippen LogP contribution in [0.15, 0.2) is 12.1 Å². The second-order valence-corrected chi connectivity index (χ2v) is 5.16. The molecule has 1 aliphatic carbocycles. The molecular weight excluding hydrogens is 285 g/mol. The molecule has 1 heterocycles. The van der Waals surface area contributed by atoms with E-state index in [9.17, 15) is 18.0 Å². The highest BCUT2D eigenvalue weighted by Crippen LogP contribution is 2.49. The number of amides is 1. The highest BCUT2D eigenvalue weighted by molar-refractivity contribution is 5.95. The number of hydrazine groups is 1. The first-order chi connectivity index (χ1) is 9.81. The molecule has 0 saturated heterocycles. The SMILES string of the molecule is CCCc1cc(C(=O)NC2(C(F)(F)F)CC2)cc(NN)n1. The molecule has 1 aliphatic rings. The van der Waals surface area contributed by atoms with Gasteiger partial charge in [0.1, 0.15) is 11.4 Å². The van der Waals surface area contributed by atoms with E-state index in [-0.39, 0.29) is 24.2 Å². The number of nitrogens with one attached hydrogen (secondary N) is 2. The first-order valence-electron chi connectivity index (χ1n) is 6.68. The molecule has 0 radical (unpaired) electrons. The molecule has 21 heavy (non-hydrogen) atoms. The molecule has 5 nitrogen and oxygen atoms in total. The molecule has 1 aromatic rings. The summed E-state index contributed by atoms with van der Waals surface area (Å²) >= 11 is 0. The van der Waals surface area contributed by atoms with E-state index in [0.717, 1.165) is 6.42 Å². The number of anilines is 1. The smallest absolute Gasteiger partial charge is 0.338 e. The lowest BCUT2D eigenvalue weighted by atomic mass is 10.1. The first kappa shape index (κ1) is 15.6. The summed E-state index contributed by atoms with van der Waals surface area (Å²) < 4.78 is 38.6. The van der Waals surface area contributed by atoms with E-state index < -0.39 is 17.6 Å². The molecule has 1 saturated carbocycles. The van der Waals surface area contributed by atoms with Crippen LogP contribution >= 0.6 is 0 Å². The molecule has 0 aliphatic heterocycles. The van der Waals surface area contributed by atoms with Crippen LogP contribution in [0.2, 0.25) is 0 Å². The van der Waals surface area contributed by atoms with Gasteiger partial charge in [-0.3, -0.25) is 4.79 Å². The summed E-state index contributed by atoms with van der Waals surface area (Å²) in [6.07, 6.45) is -3.19. The summed E-state index contributed by atoms with van der Waals surface area (Å²) in [5.74, 6) is 4.76. The fourth-order valence-electron chi connectivity index (χ4n) is 2.07. The number of hydrogen-bond acceptors (Lipinski definition) is 4. The topological polar surface area (TPSA) is 80.0 Å². The maximum Gasteiger partial charge on any atom is 0.411 e. The molecular formula is C13H17F3N4O. The van der Waals surface area contributed by atoms with Gasteiger partial charge in [0.05, 0.1) is 0 Å². The maximum absolute atomic E-state index is 12.9. The summed E-state index contributed by atoms with van der Waals surface area (Å²) in [4.78, 5) is 16.2. The van der Waals surface area contributed by atoms with Gasteiger partial charge < -0.3 is 10.7 Å². The summed E-state index contributed by atoms with van der Waals surface area (Å²) in [7, 11) is 0. The average molecular weight is 302 g/mol. The van der Waals surface area contributed by atoms with Crippen molar-refractivity contribution in [2.45, 2.75) is 44.3 Å². The normalized spacial score (nSPS) is 16.4. The average Bonchev–Trinajstić information content (AvgIpc) is 3.19. The highest BCUT2D eigenvalue weighted by atomic mass is 19.4. The van der Waals surface area contributed by atoms with E-state index in [2.05, 4.69) is 15.7 Å². The summed E-state index contributed by atoms with van der Waals surface area (Å²) in [5, 5.41) is 2.08. The van der Waals surface area contributed by atoms with Crippen LogP contribution in [0.25, 0.3) is 0 Å². The van der Waals surface area contributed by atoms with Gasteiger partial charge in [0.2, 0.25) is 0 Å². The number of nitrogens with two attached hydrogens (primary N) is 1. The van der Waals surface area contributed by atoms with Crippen LogP contribution < -0.4 is 16.6 Å². The van der Waals surface area contributed by atoms with Crippen molar-refractivity contribution in [2.24, 2.45) is 5.84 Å². The van der Waals surface area contributed by atoms with Crippen LogP contribution in [0, 0.1) is 0 Å². The van der Waals surface area contributed by atoms with E-state index >= 15 is 0 Å². The van der Waals surface area contributed by atoms with Crippen LogP contribution in [0.1, 0.15) is 42.2 Å². The van der Waals surface area contributed by atoms with Crippen molar-refractivity contribution in [3.8, 4) is 0 Å². The zero-order valence-electron chi connectivity index (χ0n) is 11.5. The number of aryl methyl sites for hydroxylation is 1. The minimum atomic E-state index is -4.43. The largest absolute Gasteiger partial charge is 0.411 e. The number of nitrogens with zero attached hydrogens (tertiary/aromatic N) is 1. The van der Waals surface area contributed by atoms with Gasteiger partial charge in [-0.25, -0.2) is 10.8 Å². The number of halogens is 3. The minimum Gasteiger partial charge on any atom is -0.338 e. The van der Waals surface area contributed by atoms with Crippen molar-refractivity contribution in [2.75, 3.05) is 5.43 Å². The predicted octanol–water partition coefficient (Wildman–Crippen LogP) is 2.14. The fourth-order valence-corrected chi connectivity index (χ4v) is 2.07. The minimum absolute atomic E-state index is 0.0862. The lowest BCUT2D eigenvalue weighted by Crippen LogP contribution is -2.47. The van der Waals surface area contributed by atoms with Crippen molar-refractivity contribution in [1.82, 2.24) is 10.3 Å². The Morgan fingerprint density at radius 2 is 2.10 bits per heavy atom. The molecule has 1 aromatic heterocycles. The standard InChI is InChI=1S/C13H17F3N4O/c1-2-3-9-6-8(7-10(18-9)20-17)11(21)19-12(4-5-12)13(14,15)16/h6-7H,2-5,17H2,1H3,(H,18,20)(H,19,21). The second-order valence-electron chi connectivity index (χ2n) is 5.16. The lowest BCUT2D eigenvalue weighted by molar-refractivity contribution is -0.163. The molecule has 4 N–H and O–H groups in total. The molecule has 8 heteroatoms. The molecule has 1 fully saturated rings. The Labute approximate surface area is 120 Å². The van der Waals surface area contributed by atoms with Gasteiger partial charge in [-0.15, -0.1) is 0 Å². The van der Waals surface area contributed by atoms with E-state index in [1.807, 2.05) is 6.92 Å². The Bertz CT molecular complexity index is 541. The van der Waals surface area contributed by atoms with E-state index in [4.69, 9.17) is 5.84 Å². The molecule has 116 valence electrons. The Hall–Kier alpha value is -1.83. The van der Waals surface area contributed by atoms with E-state index in [0.29, 0.717) is 12.1 Å². The summed E-state index contributed by atoms with van der Waals surface area (Å²) in [5.41, 5.74) is 0.970. The lowest BCUT2D eigenvalue weighted by Gasteiger charge is -2.21. The van der Waals surface area contributed by atoms with Gasteiger partial charge in [0.25, 0.3) is 5.91 Å². The van der Waals surface area contributed by atoms with Crippen LogP contribution in [-0.2, 0) is 6.42 Å². The van der Waals surface area contributed by atoms with Crippen molar-refractivity contribution in [1.29, 1.82) is 0 Å². The molecule has 0 spiro atoms. The van der Waals surface area contributed by atoms with Gasteiger partial charge in [-0.2, -0.15) is 13.2 Å². The van der Waals surface area contributed by atoms with Crippen LogP contribution in [0.4, 0.5) is 19.0 Å². The third-order valence-electron chi connectivity index (χ3n) is 3.44. The quantitative estimate of drug-likeness (QED) is 0.575. The van der Waals surface area contributed by atoms with E-state index in [1.54, 1.807) is 0 Å². The van der Waals surface area contributed by atoms with Crippen molar-refractivity contribution < 1.29 is 18.0 Å². The third-order valence-corrected chi connectivity index (χ3v) is 3.44. The Morgan fingerprint density at radius 1 is 1.43 bits per heavy atom. The molecule has 2 rings (SSSR count). The third kappa shape index (κ3) is 3.26. The number of pyridine rings is 1. The number of hydrogen-bond donors (Lipinski definition) is 3. The van der Waals surface area contributed by atoms with Gasteiger partial charge in [0, 0.05) is 11.3 Å². The Balaban J connectivity index is 2.21. The zero-order chi connectivity index (χ0) is 15.7. The highest BCUT2D eigenvalue weighted by Gasteiger charge is 2.64. The van der Waals surface area contributed by atoms with Gasteiger partial charge in [-0.05, 0) is 31.4 Å². The van der Waals surface area contributed by atoms with Crippen LogP contribution in [0.5, 0.6) is 0 Å². The molecule has 0 bridgehead atoms.